The summed E-state index contributed by atoms with van der Waals surface area (Å²) in [5, 5.41) is 13.6. The van der Waals surface area contributed by atoms with E-state index in [0.717, 1.165) is 0 Å². The second-order valence-electron chi connectivity index (χ2n) is 8.43. The lowest BCUT2D eigenvalue weighted by Gasteiger charge is -2.31. The molecule has 0 spiro atoms. The van der Waals surface area contributed by atoms with Gasteiger partial charge in [0.2, 0.25) is 0 Å². The Morgan fingerprint density at radius 3 is 2.43 bits per heavy atom. The fraction of sp³-hybridized carbons (Fsp3) is 0.400. The maximum atomic E-state index is 12.5. The average molecular weight is 566 g/mol. The van der Waals surface area contributed by atoms with Gasteiger partial charge in [-0.25, -0.2) is 4.98 Å². The molecule has 2 N–H and O–H groups in total. The Hall–Kier alpha value is -1.83. The first kappa shape index (κ1) is 21.3. The monoisotopic (exact) mass is 564 g/mol. The number of benzene rings is 1. The van der Waals surface area contributed by atoms with Crippen LogP contribution in [0.15, 0.2) is 30.5 Å². The van der Waals surface area contributed by atoms with Crippen LogP contribution in [-0.4, -0.2) is 52.3 Å². The fourth-order valence-electron chi connectivity index (χ4n) is 4.31. The second-order valence-corrected chi connectivity index (χ2v) is 9.24. The Labute approximate surface area is 236 Å². The number of hydrogen-bond acceptors (Lipinski definition) is 6. The third kappa shape index (κ3) is 6.69. The summed E-state index contributed by atoms with van der Waals surface area (Å²) in [6, 6.07) is 6.58. The number of anilines is 1. The predicted molar refractivity (Wildman–Crippen MR) is 149 cm³/mol. The van der Waals surface area contributed by atoms with Gasteiger partial charge >= 0.3 is 0 Å². The summed E-state index contributed by atoms with van der Waals surface area (Å²) < 4.78 is 45.7. The molecule has 1 fully saturated rings. The summed E-state index contributed by atoms with van der Waals surface area (Å²) in [6.45, 7) is -4.00. The number of ketones is 1. The first-order valence-electron chi connectivity index (χ1n) is 13.7. The van der Waals surface area contributed by atoms with E-state index in [1.807, 2.05) is 0 Å². The van der Waals surface area contributed by atoms with Gasteiger partial charge in [-0.1, -0.05) is 23.2 Å². The van der Waals surface area contributed by atoms with Crippen molar-refractivity contribution in [3.63, 3.8) is 0 Å². The lowest BCUT2D eigenvalue weighted by Crippen LogP contribution is -2.31. The van der Waals surface area contributed by atoms with Gasteiger partial charge in [-0.05, 0) is 76.7 Å². The van der Waals surface area contributed by atoms with Crippen molar-refractivity contribution in [3.05, 3.63) is 46.1 Å². The summed E-state index contributed by atoms with van der Waals surface area (Å²) in [4.78, 5) is 22.3. The number of phenols is 1. The number of phenolic OH excluding ortho intramolecular Hbond substituents is 1. The molecule has 10 heteroatoms. The van der Waals surface area contributed by atoms with Crippen LogP contribution in [0.3, 0.4) is 0 Å². The number of nitrogens with zero attached hydrogens (tertiary/aromatic N) is 3. The molecule has 1 aromatic carbocycles. The molecule has 0 bridgehead atoms. The van der Waals surface area contributed by atoms with Crippen molar-refractivity contribution in [1.29, 1.82) is 0 Å². The molecule has 4 rings (SSSR count). The van der Waals surface area contributed by atoms with Crippen molar-refractivity contribution in [3.8, 4) is 17.0 Å². The molecule has 1 aliphatic carbocycles. The number of nitrogens with one attached hydrogen (secondary N) is 1. The van der Waals surface area contributed by atoms with E-state index in [4.69, 9.17) is 36.4 Å². The molecule has 35 heavy (non-hydrogen) atoms. The van der Waals surface area contributed by atoms with Crippen LogP contribution >= 0.6 is 48.0 Å². The van der Waals surface area contributed by atoms with Crippen molar-refractivity contribution in [2.24, 2.45) is 5.92 Å². The van der Waals surface area contributed by atoms with Crippen LogP contribution in [-0.2, 0) is 0 Å². The number of rotatable bonds is 6. The molecule has 0 radical (unpaired) electrons. The Balaban J connectivity index is 0.00000294. The van der Waals surface area contributed by atoms with Crippen molar-refractivity contribution in [2.75, 3.05) is 25.8 Å². The number of halogens is 4. The topological polar surface area (TPSA) is 78.4 Å². The Bertz CT molecular complexity index is 1360. The molecule has 190 valence electrons. The molecular weight excluding hydrogens is 530 g/mol. The summed E-state index contributed by atoms with van der Waals surface area (Å²) in [5.74, 6) is -0.490. The first-order valence-corrected chi connectivity index (χ1v) is 11.4. The van der Waals surface area contributed by atoms with E-state index in [2.05, 4.69) is 10.3 Å². The highest BCUT2D eigenvalue weighted by Crippen LogP contribution is 2.37. The third-order valence-electron chi connectivity index (χ3n) is 6.04. The zero-order valence-corrected chi connectivity index (χ0v) is 22.0. The Morgan fingerprint density at radius 2 is 1.83 bits per heavy atom. The molecule has 0 saturated heterocycles. The zero-order chi connectivity index (χ0) is 28.7. The summed E-state index contributed by atoms with van der Waals surface area (Å²) in [7, 11) is 0. The maximum absolute atomic E-state index is 12.5. The number of pyridine rings is 2. The van der Waals surface area contributed by atoms with E-state index >= 15 is 0 Å². The van der Waals surface area contributed by atoms with Crippen LogP contribution in [0, 0.1) is 5.92 Å². The van der Waals surface area contributed by atoms with Gasteiger partial charge in [0, 0.05) is 32.6 Å². The van der Waals surface area contributed by atoms with Gasteiger partial charge in [-0.3, -0.25) is 9.78 Å². The largest absolute Gasteiger partial charge is 0.505 e. The van der Waals surface area contributed by atoms with Gasteiger partial charge in [0.1, 0.15) is 5.52 Å². The van der Waals surface area contributed by atoms with Crippen LogP contribution in [0.1, 0.15) is 51.2 Å². The molecular formula is C25H30Cl4N4O2. The number of aromatic hydroxyl groups is 1. The van der Waals surface area contributed by atoms with Crippen molar-refractivity contribution in [1.82, 2.24) is 14.9 Å². The minimum Gasteiger partial charge on any atom is -0.505 e. The van der Waals surface area contributed by atoms with Crippen LogP contribution in [0.5, 0.6) is 5.75 Å². The number of hydrogen-bond donors (Lipinski definition) is 2. The van der Waals surface area contributed by atoms with E-state index in [0.29, 0.717) is 64.1 Å². The smallest absolute Gasteiger partial charge is 0.163 e. The standard InChI is InChI=1S/C25H28Cl2N4O2.2ClH/c1-14(32)18-12-28-22-9-8-21(16-10-19(26)25(33)20(27)11-16)30-24(22)23(18)29-17-6-4-15(5-7-17)13-31(2)3;;/h8-12,15,17,33H,4-7,13H2,1-3H3,(H,28,29);2*1H/t15-,17-;;/i2D3,3D3;;. The summed E-state index contributed by atoms with van der Waals surface area (Å²) in [6.07, 6.45) is 4.08. The van der Waals surface area contributed by atoms with E-state index in [1.165, 1.54) is 13.1 Å². The molecule has 2 aromatic heterocycles. The van der Waals surface area contributed by atoms with E-state index < -0.39 is 14.0 Å². The van der Waals surface area contributed by atoms with E-state index in [9.17, 15) is 9.90 Å². The minimum atomic E-state index is -2.71. The average Bonchev–Trinajstić information content (AvgIpc) is 2.84. The fourth-order valence-corrected chi connectivity index (χ4v) is 4.79. The van der Waals surface area contributed by atoms with Crippen molar-refractivity contribution >= 4 is 70.5 Å². The maximum Gasteiger partial charge on any atom is 0.163 e. The second kappa shape index (κ2) is 12.4. The third-order valence-corrected chi connectivity index (χ3v) is 6.62. The number of fused-ring (bicyclic) bond motifs is 1. The molecule has 3 aromatic rings. The quantitative estimate of drug-likeness (QED) is 0.317. The lowest BCUT2D eigenvalue weighted by molar-refractivity contribution is 0.101. The summed E-state index contributed by atoms with van der Waals surface area (Å²) in [5.41, 5.74) is 3.08. The van der Waals surface area contributed by atoms with Crippen molar-refractivity contribution < 1.29 is 18.1 Å². The van der Waals surface area contributed by atoms with Gasteiger partial charge in [0.25, 0.3) is 0 Å². The van der Waals surface area contributed by atoms with Gasteiger partial charge in [-0.2, -0.15) is 0 Å². The molecule has 0 unspecified atom stereocenters. The predicted octanol–water partition coefficient (Wildman–Crippen LogP) is 6.89. The van der Waals surface area contributed by atoms with Gasteiger partial charge in [-0.15, -0.1) is 24.8 Å². The van der Waals surface area contributed by atoms with Crippen LogP contribution < -0.4 is 5.32 Å². The van der Waals surface area contributed by atoms with Crippen LogP contribution in [0.2, 0.25) is 10.0 Å². The first-order chi connectivity index (χ1) is 18.1. The zero-order valence-electron chi connectivity index (χ0n) is 24.8. The molecule has 1 aliphatic rings. The van der Waals surface area contributed by atoms with Crippen LogP contribution in [0.4, 0.5) is 5.69 Å². The Kier molecular flexibility index (Phi) is 7.55. The highest BCUT2D eigenvalue weighted by atomic mass is 35.5. The van der Waals surface area contributed by atoms with E-state index in [1.54, 1.807) is 24.3 Å². The van der Waals surface area contributed by atoms with Gasteiger partial charge < -0.3 is 15.3 Å². The SMILES string of the molecule is Cl.Cl.[2H]C([2H])([2H])N(C[C@H]1CC[C@H](Nc2c(C(C)=O)cnc3ccc(-c4cc(Cl)c(O)c(Cl)c4)nc23)CC1)C([2H])([2H])[2H]. The molecule has 0 amide bonds. The Morgan fingerprint density at radius 1 is 1.17 bits per heavy atom. The normalized spacial score (nSPS) is 20.8. The number of carbonyl (C=O) groups is 1. The minimum absolute atomic E-state index is 0. The number of aromatic nitrogens is 2. The van der Waals surface area contributed by atoms with Gasteiger partial charge in [0.15, 0.2) is 11.5 Å². The molecule has 0 atom stereocenters. The van der Waals surface area contributed by atoms with Gasteiger partial charge in [0.05, 0.1) is 32.5 Å². The van der Waals surface area contributed by atoms with Crippen LogP contribution in [0.25, 0.3) is 22.3 Å². The highest BCUT2D eigenvalue weighted by molar-refractivity contribution is 6.37. The molecule has 2 heterocycles. The molecule has 1 saturated carbocycles. The number of carbonyl (C=O) groups excluding carboxylic acids is 1. The van der Waals surface area contributed by atoms with E-state index in [-0.39, 0.29) is 64.9 Å². The molecule has 6 nitrogen and oxygen atoms in total. The molecule has 0 aliphatic heterocycles. The highest BCUT2D eigenvalue weighted by Gasteiger charge is 2.24. The lowest BCUT2D eigenvalue weighted by atomic mass is 9.85. The summed E-state index contributed by atoms with van der Waals surface area (Å²) >= 11 is 12.2. The number of Topliss-reactive ketones (excluding diaryl/α,β-unsaturated/α-hetero) is 1. The van der Waals surface area contributed by atoms with Crippen molar-refractivity contribution in [2.45, 2.75) is 38.6 Å².